The number of fused-ring (bicyclic) bond motifs is 1. The Balaban J connectivity index is 2.91. The molecule has 2 aromatic rings. The van der Waals surface area contributed by atoms with Gasteiger partial charge < -0.3 is 5.73 Å². The first-order chi connectivity index (χ1) is 5.79. The lowest BCUT2D eigenvalue weighted by atomic mass is 10.2. The second kappa shape index (κ2) is 2.44. The number of nitrogens with two attached hydrogens (primary N) is 1. The van der Waals surface area contributed by atoms with E-state index >= 15 is 0 Å². The fourth-order valence-corrected chi connectivity index (χ4v) is 1.13. The number of pyridine rings is 1. The minimum absolute atomic E-state index is 0.140. The number of anilines is 1. The molecule has 1 aromatic heterocycles. The Hall–Kier alpha value is -1.64. The van der Waals surface area contributed by atoms with E-state index in [2.05, 4.69) is 4.98 Å². The van der Waals surface area contributed by atoms with E-state index in [1.807, 2.05) is 0 Å². The fraction of sp³-hybridized carbons (Fsp3) is 0. The molecular weight excluding hydrogens is 155 g/mol. The lowest BCUT2D eigenvalue weighted by molar-refractivity contribution is 0.641. The summed E-state index contributed by atoms with van der Waals surface area (Å²) in [4.78, 5) is 3.89. The molecule has 2 rings (SSSR count). The van der Waals surface area contributed by atoms with E-state index in [9.17, 15) is 4.39 Å². The van der Waals surface area contributed by atoms with Gasteiger partial charge >= 0.3 is 0 Å². The second-order valence-corrected chi connectivity index (χ2v) is 2.54. The van der Waals surface area contributed by atoms with E-state index in [-0.39, 0.29) is 5.69 Å². The number of rotatable bonds is 0. The van der Waals surface area contributed by atoms with Gasteiger partial charge in [-0.3, -0.25) is 4.98 Å². The Kier molecular flexibility index (Phi) is 1.43. The summed E-state index contributed by atoms with van der Waals surface area (Å²) in [7, 11) is 0. The number of aromatic nitrogens is 1. The highest BCUT2D eigenvalue weighted by molar-refractivity contribution is 5.82. The Labute approximate surface area is 68.8 Å². The van der Waals surface area contributed by atoms with Crippen molar-refractivity contribution in [1.82, 2.24) is 4.98 Å². The van der Waals surface area contributed by atoms with Gasteiger partial charge in [0.2, 0.25) is 0 Å². The van der Waals surface area contributed by atoms with Gasteiger partial charge in [-0.05, 0) is 12.1 Å². The molecule has 0 unspecified atom stereocenters. The number of halogens is 1. The summed E-state index contributed by atoms with van der Waals surface area (Å²) in [5.74, 6) is -0.437. The van der Waals surface area contributed by atoms with Crippen molar-refractivity contribution in [3.05, 3.63) is 36.3 Å². The Morgan fingerprint density at radius 2 is 2.08 bits per heavy atom. The monoisotopic (exact) mass is 162 g/mol. The van der Waals surface area contributed by atoms with Crippen LogP contribution >= 0.6 is 0 Å². The maximum atomic E-state index is 13.2. The molecular formula is C9H7FN2. The van der Waals surface area contributed by atoms with Crippen LogP contribution in [0.1, 0.15) is 0 Å². The molecule has 0 saturated carbocycles. The summed E-state index contributed by atoms with van der Waals surface area (Å²) < 4.78 is 13.2. The standard InChI is InChI=1S/C9H7FN2/c10-8-7(11)4-3-6-2-1-5-12-9(6)8/h1-5H,11H2. The first-order valence-corrected chi connectivity index (χ1v) is 3.58. The van der Waals surface area contributed by atoms with Gasteiger partial charge in [-0.15, -0.1) is 0 Å². The third kappa shape index (κ3) is 0.906. The largest absolute Gasteiger partial charge is 0.396 e. The van der Waals surface area contributed by atoms with Crippen molar-refractivity contribution < 1.29 is 4.39 Å². The van der Waals surface area contributed by atoms with Crippen LogP contribution < -0.4 is 5.73 Å². The quantitative estimate of drug-likeness (QED) is 0.601. The van der Waals surface area contributed by atoms with Crippen LogP contribution in [0.25, 0.3) is 10.9 Å². The number of hydrogen-bond acceptors (Lipinski definition) is 2. The number of hydrogen-bond donors (Lipinski definition) is 1. The summed E-state index contributed by atoms with van der Waals surface area (Å²) in [5, 5.41) is 0.768. The van der Waals surface area contributed by atoms with E-state index in [0.29, 0.717) is 5.52 Å². The maximum Gasteiger partial charge on any atom is 0.172 e. The van der Waals surface area contributed by atoms with Crippen LogP contribution in [0.15, 0.2) is 30.5 Å². The van der Waals surface area contributed by atoms with E-state index in [0.717, 1.165) is 5.39 Å². The van der Waals surface area contributed by atoms with Crippen molar-refractivity contribution in [3.63, 3.8) is 0 Å². The zero-order valence-electron chi connectivity index (χ0n) is 6.29. The van der Waals surface area contributed by atoms with Crippen LogP contribution in [0, 0.1) is 5.82 Å². The molecule has 60 valence electrons. The van der Waals surface area contributed by atoms with Gasteiger partial charge in [0, 0.05) is 11.6 Å². The van der Waals surface area contributed by atoms with Crippen molar-refractivity contribution >= 4 is 16.6 Å². The first kappa shape index (κ1) is 7.03. The molecule has 2 nitrogen and oxygen atoms in total. The third-order valence-corrected chi connectivity index (χ3v) is 1.74. The van der Waals surface area contributed by atoms with Gasteiger partial charge in [-0.2, -0.15) is 0 Å². The van der Waals surface area contributed by atoms with Crippen molar-refractivity contribution in [3.8, 4) is 0 Å². The molecule has 0 fully saturated rings. The maximum absolute atomic E-state index is 13.2. The number of nitrogen functional groups attached to an aromatic ring is 1. The smallest absolute Gasteiger partial charge is 0.172 e. The predicted molar refractivity (Wildman–Crippen MR) is 46.1 cm³/mol. The van der Waals surface area contributed by atoms with Gasteiger partial charge in [-0.25, -0.2) is 4.39 Å². The minimum atomic E-state index is -0.437. The van der Waals surface area contributed by atoms with Gasteiger partial charge in [0.1, 0.15) is 5.52 Å². The molecule has 0 spiro atoms. The Bertz CT molecular complexity index is 426. The highest BCUT2D eigenvalue weighted by Crippen LogP contribution is 2.19. The minimum Gasteiger partial charge on any atom is -0.396 e. The molecule has 12 heavy (non-hydrogen) atoms. The van der Waals surface area contributed by atoms with Gasteiger partial charge in [0.15, 0.2) is 5.82 Å². The molecule has 0 aliphatic heterocycles. The molecule has 2 N–H and O–H groups in total. The predicted octanol–water partition coefficient (Wildman–Crippen LogP) is 1.96. The van der Waals surface area contributed by atoms with Crippen molar-refractivity contribution in [2.24, 2.45) is 0 Å². The van der Waals surface area contributed by atoms with Crippen LogP contribution in [0.2, 0.25) is 0 Å². The van der Waals surface area contributed by atoms with Crippen LogP contribution in [0.3, 0.4) is 0 Å². The van der Waals surface area contributed by atoms with Crippen LogP contribution in [0.4, 0.5) is 10.1 Å². The molecule has 1 heterocycles. The lowest BCUT2D eigenvalue weighted by Crippen LogP contribution is -1.92. The van der Waals surface area contributed by atoms with E-state index in [1.54, 1.807) is 30.5 Å². The van der Waals surface area contributed by atoms with E-state index < -0.39 is 5.82 Å². The zero-order chi connectivity index (χ0) is 8.55. The van der Waals surface area contributed by atoms with Crippen molar-refractivity contribution in [1.29, 1.82) is 0 Å². The van der Waals surface area contributed by atoms with Crippen LogP contribution in [-0.2, 0) is 0 Å². The third-order valence-electron chi connectivity index (χ3n) is 1.74. The highest BCUT2D eigenvalue weighted by atomic mass is 19.1. The molecule has 3 heteroatoms. The molecule has 0 radical (unpaired) electrons. The van der Waals surface area contributed by atoms with Crippen LogP contribution in [0.5, 0.6) is 0 Å². The second-order valence-electron chi connectivity index (χ2n) is 2.54. The van der Waals surface area contributed by atoms with Crippen LogP contribution in [-0.4, -0.2) is 4.98 Å². The molecule has 0 amide bonds. The van der Waals surface area contributed by atoms with Crippen molar-refractivity contribution in [2.45, 2.75) is 0 Å². The van der Waals surface area contributed by atoms with Crippen molar-refractivity contribution in [2.75, 3.05) is 5.73 Å². The Morgan fingerprint density at radius 1 is 1.25 bits per heavy atom. The lowest BCUT2D eigenvalue weighted by Gasteiger charge is -1.99. The average molecular weight is 162 g/mol. The summed E-state index contributed by atoms with van der Waals surface area (Å²) in [6.07, 6.45) is 1.55. The summed E-state index contributed by atoms with van der Waals surface area (Å²) in [6.45, 7) is 0. The van der Waals surface area contributed by atoms with E-state index in [4.69, 9.17) is 5.73 Å². The molecule has 0 saturated heterocycles. The van der Waals surface area contributed by atoms with Gasteiger partial charge in [0.05, 0.1) is 5.69 Å². The molecule has 0 bridgehead atoms. The normalized spacial score (nSPS) is 10.4. The zero-order valence-corrected chi connectivity index (χ0v) is 6.29. The number of nitrogens with zero attached hydrogens (tertiary/aromatic N) is 1. The molecule has 0 aliphatic carbocycles. The van der Waals surface area contributed by atoms with E-state index in [1.165, 1.54) is 0 Å². The molecule has 0 atom stereocenters. The highest BCUT2D eigenvalue weighted by Gasteiger charge is 2.03. The number of benzene rings is 1. The fourth-order valence-electron chi connectivity index (χ4n) is 1.13. The average Bonchev–Trinajstić information content (AvgIpc) is 2.12. The SMILES string of the molecule is Nc1ccc2cccnc2c1F. The van der Waals surface area contributed by atoms with Gasteiger partial charge in [-0.1, -0.05) is 12.1 Å². The molecule has 1 aromatic carbocycles. The molecule has 0 aliphatic rings. The summed E-state index contributed by atoms with van der Waals surface area (Å²) in [5.41, 5.74) is 5.84. The first-order valence-electron chi connectivity index (χ1n) is 3.58. The summed E-state index contributed by atoms with van der Waals surface area (Å²) >= 11 is 0. The topological polar surface area (TPSA) is 38.9 Å². The summed E-state index contributed by atoms with van der Waals surface area (Å²) in [6, 6.07) is 6.85. The Morgan fingerprint density at radius 3 is 2.92 bits per heavy atom. The van der Waals surface area contributed by atoms with Gasteiger partial charge in [0.25, 0.3) is 0 Å².